The van der Waals surface area contributed by atoms with Gasteiger partial charge in [-0.15, -0.1) is 11.3 Å². The summed E-state index contributed by atoms with van der Waals surface area (Å²) < 4.78 is 0. The lowest BCUT2D eigenvalue weighted by Crippen LogP contribution is -2.46. The molecule has 1 aliphatic heterocycles. The van der Waals surface area contributed by atoms with E-state index in [4.69, 9.17) is 0 Å². The lowest BCUT2D eigenvalue weighted by molar-refractivity contribution is 0.119. The first kappa shape index (κ1) is 15.0. The summed E-state index contributed by atoms with van der Waals surface area (Å²) in [4.78, 5) is 15.6. The van der Waals surface area contributed by atoms with Gasteiger partial charge in [0, 0.05) is 36.3 Å². The number of aryl methyl sites for hydroxylation is 2. The van der Waals surface area contributed by atoms with E-state index in [0.717, 1.165) is 18.1 Å². The van der Waals surface area contributed by atoms with Crippen molar-refractivity contribution in [3.05, 3.63) is 34.2 Å². The van der Waals surface area contributed by atoms with Crippen molar-refractivity contribution in [1.82, 2.24) is 19.9 Å². The Hall–Kier alpha value is -1.53. The Morgan fingerprint density at radius 1 is 1.35 bits per heavy atom. The number of thiazole rings is 1. The third-order valence-corrected chi connectivity index (χ3v) is 5.91. The molecule has 0 atom stereocenters. The summed E-state index contributed by atoms with van der Waals surface area (Å²) in [5, 5.41) is 6.92. The van der Waals surface area contributed by atoms with Crippen molar-refractivity contribution < 1.29 is 0 Å². The Morgan fingerprint density at radius 3 is 2.96 bits per heavy atom. The Balaban J connectivity index is 1.29. The molecule has 2 aliphatic rings. The maximum Gasteiger partial charge on any atom is 0.129 e. The van der Waals surface area contributed by atoms with Crippen LogP contribution in [0.25, 0.3) is 0 Å². The third kappa shape index (κ3) is 3.23. The number of hydrogen-bond acceptors (Lipinski definition) is 6. The molecule has 0 amide bonds. The average Bonchev–Trinajstić information content (AvgIpc) is 3.06. The van der Waals surface area contributed by atoms with Crippen LogP contribution in [0.1, 0.15) is 35.7 Å². The van der Waals surface area contributed by atoms with Gasteiger partial charge in [0.05, 0.1) is 10.7 Å². The molecule has 1 saturated heterocycles. The summed E-state index contributed by atoms with van der Waals surface area (Å²) >= 11 is 1.75. The summed E-state index contributed by atoms with van der Waals surface area (Å²) in [6.07, 6.45) is 5.46. The number of hydrogen-bond donors (Lipinski definition) is 1. The molecule has 2 aromatic rings. The topological polar surface area (TPSA) is 53.9 Å². The van der Waals surface area contributed by atoms with E-state index in [-0.39, 0.29) is 0 Å². The van der Waals surface area contributed by atoms with Crippen LogP contribution in [0.5, 0.6) is 0 Å². The lowest BCUT2D eigenvalue weighted by Gasteiger charge is -2.45. The Kier molecular flexibility index (Phi) is 3.81. The van der Waals surface area contributed by atoms with Gasteiger partial charge in [-0.2, -0.15) is 0 Å². The van der Waals surface area contributed by atoms with E-state index >= 15 is 0 Å². The van der Waals surface area contributed by atoms with E-state index in [1.54, 1.807) is 17.7 Å². The molecule has 2 aromatic heterocycles. The monoisotopic (exact) mass is 329 g/mol. The first-order chi connectivity index (χ1) is 11.1. The quantitative estimate of drug-likeness (QED) is 0.934. The molecule has 0 radical (unpaired) electrons. The van der Waals surface area contributed by atoms with Gasteiger partial charge in [0.15, 0.2) is 0 Å². The van der Waals surface area contributed by atoms with Gasteiger partial charge in [-0.1, -0.05) is 0 Å². The van der Waals surface area contributed by atoms with E-state index in [9.17, 15) is 0 Å². The van der Waals surface area contributed by atoms with Gasteiger partial charge in [-0.05, 0) is 45.1 Å². The Bertz CT molecular complexity index is 692. The van der Waals surface area contributed by atoms with Crippen molar-refractivity contribution in [3.63, 3.8) is 0 Å². The van der Waals surface area contributed by atoms with E-state index in [1.165, 1.54) is 43.1 Å². The van der Waals surface area contributed by atoms with Gasteiger partial charge < -0.3 is 5.32 Å². The Labute approximate surface area is 141 Å². The maximum absolute atomic E-state index is 4.60. The minimum atomic E-state index is 0.519. The fraction of sp³-hybridized carbons (Fsp3) is 0.588. The summed E-state index contributed by atoms with van der Waals surface area (Å²) in [5.41, 5.74) is 2.77. The number of nitrogens with one attached hydrogen (secondary N) is 1. The first-order valence-corrected chi connectivity index (χ1v) is 9.17. The van der Waals surface area contributed by atoms with Crippen molar-refractivity contribution in [1.29, 1.82) is 0 Å². The zero-order chi connectivity index (χ0) is 15.9. The number of nitrogens with zero attached hydrogens (tertiary/aromatic N) is 4. The largest absolute Gasteiger partial charge is 0.367 e. The highest BCUT2D eigenvalue weighted by Crippen LogP contribution is 2.49. The van der Waals surface area contributed by atoms with Crippen molar-refractivity contribution in [2.45, 2.75) is 45.7 Å². The molecular weight excluding hydrogens is 306 g/mol. The molecule has 1 spiro atoms. The second-order valence-corrected chi connectivity index (χ2v) is 8.17. The van der Waals surface area contributed by atoms with Crippen LogP contribution in [-0.2, 0) is 6.54 Å². The molecule has 1 N–H and O–H groups in total. The van der Waals surface area contributed by atoms with Crippen LogP contribution in [0.4, 0.5) is 5.82 Å². The zero-order valence-electron chi connectivity index (χ0n) is 13.7. The van der Waals surface area contributed by atoms with Gasteiger partial charge in [0.1, 0.15) is 12.1 Å². The average molecular weight is 329 g/mol. The van der Waals surface area contributed by atoms with E-state index < -0.39 is 0 Å². The highest BCUT2D eigenvalue weighted by Gasteiger charge is 2.48. The Morgan fingerprint density at radius 2 is 2.22 bits per heavy atom. The van der Waals surface area contributed by atoms with Gasteiger partial charge in [-0.3, -0.25) is 4.90 Å². The molecule has 1 saturated carbocycles. The molecule has 1 aliphatic carbocycles. The molecule has 5 nitrogen and oxygen atoms in total. The SMILES string of the molecule is Cc1cc(NC2CC3(CCN(Cc4csc(C)n4)C3)C2)ncn1. The number of rotatable bonds is 4. The lowest BCUT2D eigenvalue weighted by atomic mass is 9.65. The van der Waals surface area contributed by atoms with Crippen molar-refractivity contribution in [3.8, 4) is 0 Å². The molecule has 0 aromatic carbocycles. The normalized spacial score (nSPS) is 27.3. The molecule has 3 heterocycles. The van der Waals surface area contributed by atoms with Crippen LogP contribution in [-0.4, -0.2) is 39.0 Å². The summed E-state index contributed by atoms with van der Waals surface area (Å²) in [6, 6.07) is 2.59. The first-order valence-electron chi connectivity index (χ1n) is 8.29. The standard InChI is InChI=1S/C17H23N5S/c1-12-5-16(19-11-18-12)21-14-6-17(7-14)3-4-22(10-17)8-15-9-23-13(2)20-15/h5,9,11,14H,3-4,6-8,10H2,1-2H3,(H,18,19,21). The highest BCUT2D eigenvalue weighted by molar-refractivity contribution is 7.09. The molecule has 4 rings (SSSR count). The number of likely N-dealkylation sites (tertiary alicyclic amines) is 1. The van der Waals surface area contributed by atoms with E-state index in [0.29, 0.717) is 11.5 Å². The molecule has 0 unspecified atom stereocenters. The summed E-state index contributed by atoms with van der Waals surface area (Å²) in [6.45, 7) is 7.51. The molecule has 2 fully saturated rings. The van der Waals surface area contributed by atoms with Crippen LogP contribution in [0.3, 0.4) is 0 Å². The van der Waals surface area contributed by atoms with Gasteiger partial charge in [0.25, 0.3) is 0 Å². The number of aromatic nitrogens is 3. The molecule has 122 valence electrons. The molecule has 23 heavy (non-hydrogen) atoms. The minimum Gasteiger partial charge on any atom is -0.367 e. The molecule has 6 heteroatoms. The van der Waals surface area contributed by atoms with Crippen LogP contribution in [0.2, 0.25) is 0 Å². The van der Waals surface area contributed by atoms with Crippen LogP contribution >= 0.6 is 11.3 Å². The van der Waals surface area contributed by atoms with Gasteiger partial charge in [-0.25, -0.2) is 15.0 Å². The van der Waals surface area contributed by atoms with Crippen molar-refractivity contribution >= 4 is 17.2 Å². The zero-order valence-corrected chi connectivity index (χ0v) is 14.6. The van der Waals surface area contributed by atoms with Crippen LogP contribution < -0.4 is 5.32 Å². The third-order valence-electron chi connectivity index (χ3n) is 5.08. The summed E-state index contributed by atoms with van der Waals surface area (Å²) in [5.74, 6) is 0.963. The van der Waals surface area contributed by atoms with E-state index in [2.05, 4.69) is 37.5 Å². The molecular formula is C17H23N5S. The summed E-state index contributed by atoms with van der Waals surface area (Å²) in [7, 11) is 0. The predicted molar refractivity (Wildman–Crippen MR) is 92.6 cm³/mol. The van der Waals surface area contributed by atoms with Gasteiger partial charge >= 0.3 is 0 Å². The maximum atomic E-state index is 4.60. The van der Waals surface area contributed by atoms with Gasteiger partial charge in [0.2, 0.25) is 0 Å². The smallest absolute Gasteiger partial charge is 0.129 e. The molecule has 0 bridgehead atoms. The second kappa shape index (κ2) is 5.83. The van der Waals surface area contributed by atoms with Crippen molar-refractivity contribution in [2.24, 2.45) is 5.41 Å². The van der Waals surface area contributed by atoms with Crippen molar-refractivity contribution in [2.75, 3.05) is 18.4 Å². The van der Waals surface area contributed by atoms with Crippen LogP contribution in [0, 0.1) is 19.3 Å². The minimum absolute atomic E-state index is 0.519. The number of anilines is 1. The second-order valence-electron chi connectivity index (χ2n) is 7.11. The highest BCUT2D eigenvalue weighted by atomic mass is 32.1. The predicted octanol–water partition coefficient (Wildman–Crippen LogP) is 3.02. The van der Waals surface area contributed by atoms with Crippen LogP contribution in [0.15, 0.2) is 17.8 Å². The fourth-order valence-corrected chi connectivity index (χ4v) is 4.64. The van der Waals surface area contributed by atoms with E-state index in [1.807, 2.05) is 13.0 Å². The fourth-order valence-electron chi connectivity index (χ4n) is 4.04.